The Kier molecular flexibility index (Phi) is 16.0. The number of amides is 5. The summed E-state index contributed by atoms with van der Waals surface area (Å²) in [6.45, 7) is 7.87. The number of nitrogens with two attached hydrogens (primary N) is 1. The minimum atomic E-state index is -1.01. The number of aliphatic hydroxyl groups is 1. The van der Waals surface area contributed by atoms with Crippen LogP contribution in [0.4, 0.5) is 5.69 Å². The van der Waals surface area contributed by atoms with Gasteiger partial charge in [-0.1, -0.05) is 91.9 Å². The van der Waals surface area contributed by atoms with Gasteiger partial charge in [-0.2, -0.15) is 5.10 Å². The Morgan fingerprint density at radius 1 is 0.776 bits per heavy atom. The van der Waals surface area contributed by atoms with E-state index in [0.717, 1.165) is 6.42 Å². The molecule has 1 unspecified atom stereocenters. The van der Waals surface area contributed by atoms with E-state index in [2.05, 4.69) is 54.3 Å². The lowest BCUT2D eigenvalue weighted by Gasteiger charge is -2.24. The predicted octanol–water partition coefficient (Wildman–Crippen LogP) is 2.46. The Hall–Kier alpha value is -5.69. The Morgan fingerprint density at radius 3 is 1.91 bits per heavy atom. The van der Waals surface area contributed by atoms with Gasteiger partial charge in [0.2, 0.25) is 35.4 Å². The second-order valence-electron chi connectivity index (χ2n) is 14.1. The molecule has 17 heteroatoms. The van der Waals surface area contributed by atoms with Gasteiger partial charge in [0, 0.05) is 29.3 Å². The van der Waals surface area contributed by atoms with Gasteiger partial charge >= 0.3 is 0 Å². The maximum Gasteiger partial charge on any atom is 0.246 e. The van der Waals surface area contributed by atoms with E-state index in [1.165, 1.54) is 11.5 Å². The van der Waals surface area contributed by atoms with E-state index < -0.39 is 58.3 Å². The average Bonchev–Trinajstić information content (AvgIpc) is 3.32. The van der Waals surface area contributed by atoms with Gasteiger partial charge in [0.05, 0.1) is 36.1 Å². The molecule has 8 N–H and O–H groups in total. The molecule has 0 saturated heterocycles. The molecule has 0 aliphatic heterocycles. The molecule has 1 aromatic heterocycles. The number of anilines is 1. The van der Waals surface area contributed by atoms with Crippen LogP contribution in [0.25, 0.3) is 21.8 Å². The van der Waals surface area contributed by atoms with Gasteiger partial charge in [0.25, 0.3) is 0 Å². The second-order valence-corrected chi connectivity index (χ2v) is 16.4. The summed E-state index contributed by atoms with van der Waals surface area (Å²) in [7, 11) is 0. The Balaban J connectivity index is 1.34. The zero-order valence-electron chi connectivity index (χ0n) is 33.1. The first-order valence-electron chi connectivity index (χ1n) is 18.8. The minimum Gasteiger partial charge on any atom is -0.392 e. The molecule has 0 radical (unpaired) electrons. The van der Waals surface area contributed by atoms with Gasteiger partial charge in [-0.15, -0.1) is 0 Å². The molecule has 58 heavy (non-hydrogen) atoms. The number of nitrogens with zero attached hydrogens (tertiary/aromatic N) is 3. The summed E-state index contributed by atoms with van der Waals surface area (Å²) < 4.78 is 1.05. The van der Waals surface area contributed by atoms with Crippen LogP contribution in [0.1, 0.15) is 64.2 Å². The summed E-state index contributed by atoms with van der Waals surface area (Å²) in [5, 5.41) is 28.3. The smallest absolute Gasteiger partial charge is 0.246 e. The van der Waals surface area contributed by atoms with Gasteiger partial charge in [-0.3, -0.25) is 38.3 Å². The molecule has 0 saturated carbocycles. The molecule has 3 atom stereocenters. The van der Waals surface area contributed by atoms with Crippen molar-refractivity contribution >= 4 is 85.5 Å². The van der Waals surface area contributed by atoms with Crippen LogP contribution in [-0.4, -0.2) is 73.8 Å². The molecule has 308 valence electrons. The van der Waals surface area contributed by atoms with Crippen LogP contribution >= 0.6 is 22.6 Å². The second kappa shape index (κ2) is 20.6. The molecular formula is C41H50IN9O7. The summed E-state index contributed by atoms with van der Waals surface area (Å²) in [6, 6.07) is 19.1. The maximum absolute atomic E-state index is 14.0. The molecule has 0 spiro atoms. The van der Waals surface area contributed by atoms with E-state index in [0.29, 0.717) is 43.8 Å². The average molecular weight is 908 g/mol. The lowest BCUT2D eigenvalue weighted by Crippen LogP contribution is -2.55. The lowest BCUT2D eigenvalue weighted by molar-refractivity contribution is -0.132. The number of aliphatic hydroxyl groups excluding tert-OH is 1. The number of rotatable bonds is 16. The highest BCUT2D eigenvalue weighted by atomic mass is 127. The highest BCUT2D eigenvalue weighted by Crippen LogP contribution is 2.24. The van der Waals surface area contributed by atoms with Gasteiger partial charge in [-0.25, -0.2) is 0 Å². The van der Waals surface area contributed by atoms with Gasteiger partial charge in [0.1, 0.15) is 21.0 Å². The van der Waals surface area contributed by atoms with Crippen LogP contribution in [0, 0.1) is 5.92 Å². The van der Waals surface area contributed by atoms with Crippen LogP contribution in [0.3, 0.4) is 0 Å². The van der Waals surface area contributed by atoms with Crippen molar-refractivity contribution in [2.45, 2.75) is 76.1 Å². The molecular weight excluding hydrogens is 857 g/mol. The molecule has 0 aliphatic carbocycles. The van der Waals surface area contributed by atoms with Crippen molar-refractivity contribution in [3.05, 3.63) is 89.1 Å². The van der Waals surface area contributed by atoms with Crippen molar-refractivity contribution in [3.8, 4) is 0 Å². The van der Waals surface area contributed by atoms with Crippen molar-refractivity contribution in [2.24, 2.45) is 21.9 Å². The van der Waals surface area contributed by atoms with Crippen LogP contribution in [-0.2, 0) is 30.6 Å². The molecule has 0 bridgehead atoms. The molecule has 3 aromatic carbocycles. The van der Waals surface area contributed by atoms with E-state index >= 15 is 0 Å². The van der Waals surface area contributed by atoms with E-state index in [1.54, 1.807) is 62.4 Å². The molecule has 0 aliphatic rings. The number of fused-ring (bicyclic) bond motifs is 2. The summed E-state index contributed by atoms with van der Waals surface area (Å²) in [5.74, 6) is 2.26. The Bertz CT molecular complexity index is 2330. The largest absolute Gasteiger partial charge is 0.392 e. The van der Waals surface area contributed by atoms with Gasteiger partial charge in [-0.05, 0) is 56.0 Å². The van der Waals surface area contributed by atoms with Crippen molar-refractivity contribution in [2.75, 3.05) is 18.4 Å². The van der Waals surface area contributed by atoms with Crippen LogP contribution in [0.5, 0.6) is 0 Å². The first kappa shape index (κ1) is 45.0. The minimum absolute atomic E-state index is 0.136. The van der Waals surface area contributed by atoms with Crippen molar-refractivity contribution in [1.82, 2.24) is 25.8 Å². The number of aromatic nitrogens is 1. The number of halogens is 1. The van der Waals surface area contributed by atoms with Crippen molar-refractivity contribution in [3.63, 3.8) is 0 Å². The highest BCUT2D eigenvalue weighted by molar-refractivity contribution is 14.1. The first-order chi connectivity index (χ1) is 27.6. The van der Waals surface area contributed by atoms with E-state index in [4.69, 9.17) is 10.8 Å². The van der Waals surface area contributed by atoms with Crippen LogP contribution < -0.4 is 43.1 Å². The fourth-order valence-corrected chi connectivity index (χ4v) is 6.10. The number of carbonyl (C=O) groups excluding carboxylic acids is 6. The fraction of sp³-hybridized carbons (Fsp3) is 0.366. The molecule has 4 aromatic rings. The number of hydrogen-bond donors (Lipinski definition) is 7. The van der Waals surface area contributed by atoms with E-state index in [9.17, 15) is 33.9 Å². The van der Waals surface area contributed by atoms with Crippen molar-refractivity contribution in [1.29, 1.82) is 0 Å². The first-order valence-corrected chi connectivity index (χ1v) is 19.9. The molecule has 4 rings (SSSR count). The molecule has 5 amide bonds. The van der Waals surface area contributed by atoms with E-state index in [-0.39, 0.29) is 31.3 Å². The normalized spacial score (nSPS) is 14.0. The molecule has 0 fully saturated rings. The zero-order chi connectivity index (χ0) is 42.6. The number of para-hydroxylation sites is 2. The number of carbonyl (C=O) groups is 6. The quantitative estimate of drug-likeness (QED) is 0.0289. The number of hydrogen-bond acceptors (Lipinski definition) is 10. The highest BCUT2D eigenvalue weighted by Gasteiger charge is 2.27. The van der Waals surface area contributed by atoms with E-state index in [1.807, 2.05) is 38.1 Å². The van der Waals surface area contributed by atoms with Crippen LogP contribution in [0.15, 0.2) is 82.9 Å². The topological polar surface area (TPSA) is 238 Å². The summed E-state index contributed by atoms with van der Waals surface area (Å²) >= 11 is 2.27. The summed E-state index contributed by atoms with van der Waals surface area (Å²) in [4.78, 5) is 82.8. The molecule has 1 heterocycles. The third-order valence-electron chi connectivity index (χ3n) is 9.27. The molecule has 16 nitrogen and oxygen atoms in total. The predicted molar refractivity (Wildman–Crippen MR) is 229 cm³/mol. The standard InChI is InChI=1S/C41H50IN9O7/c1-6-41(5,42)49-37-28-11-7-9-13-30(28)51(31-14-10-8-12-29(31)38(37)50-43)35(56)20-19-32(53)44-21-33(54)45-22-34(55)48-36(24(2)3)40(58)46-25(4)39(57)47-27-17-15-26(23-52)16-18-27/h7-18,24-25,36,52H,6,19-23,43H2,1-5H3,(H,44,53)(H,45,54)(H,46,58)(H,47,57)(H,48,55)/t25-,36-,41?/m0/s1. The fourth-order valence-electron chi connectivity index (χ4n) is 5.86. The summed E-state index contributed by atoms with van der Waals surface area (Å²) in [5.41, 5.74) is 2.24. The third-order valence-corrected chi connectivity index (χ3v) is 10.3. The number of benzene rings is 3. The Morgan fingerprint density at radius 2 is 1.34 bits per heavy atom. The van der Waals surface area contributed by atoms with Crippen molar-refractivity contribution < 1.29 is 33.9 Å². The SMILES string of the molecule is CCC(C)(I)N=c1c(=NN)c2ccccc2n(C(=O)CCC(=O)NCC(=O)NCC(=O)N[C@H](C(=O)N[C@@H](C)C(=O)Nc2ccc(CO)cc2)C(C)C)c2ccccc12. The maximum atomic E-state index is 14.0. The van der Waals surface area contributed by atoms with Gasteiger partial charge < -0.3 is 37.5 Å². The monoisotopic (exact) mass is 907 g/mol. The van der Waals surface area contributed by atoms with Gasteiger partial charge in [0.15, 0.2) is 0 Å². The number of nitrogens with one attached hydrogen (secondary N) is 5. The Labute approximate surface area is 349 Å². The lowest BCUT2D eigenvalue weighted by atomic mass is 10.0. The zero-order valence-corrected chi connectivity index (χ0v) is 35.3. The number of alkyl halides is 1. The third kappa shape index (κ3) is 11.9. The summed E-state index contributed by atoms with van der Waals surface area (Å²) in [6.07, 6.45) is 0.299. The van der Waals surface area contributed by atoms with Crippen LogP contribution in [0.2, 0.25) is 0 Å².